The SMILES string of the molecule is CC(C)(CCCOCCOCCOCCOc1cc(COC(=O)NCCOCCOCCN2C(=O)c3ccccc3C2=O)cc(OCCOCCOCCOCCCC(C)(C)[Si](O)(c2ccccc2)c2ccccc2)c1OCCOCCOCCOCCCC(C)(C)[Si](O)(c1ccccc1)c1ccccc1)[Si](O)(c1ccccc1)c1ccccc1. The van der Waals surface area contributed by atoms with Crippen LogP contribution in [0, 0.1) is 0 Å². The number of hydrogen-bond donors (Lipinski definition) is 4. The molecule has 8 aromatic rings. The summed E-state index contributed by atoms with van der Waals surface area (Å²) in [5.41, 5.74) is 1.30. The first-order valence-electron chi connectivity index (χ1n) is 42.1. The van der Waals surface area contributed by atoms with Crippen molar-refractivity contribution in [2.75, 3.05) is 178 Å². The number of amides is 3. The first-order chi connectivity index (χ1) is 58.3. The number of hydrogen-bond acceptors (Lipinski definition) is 21. The number of carbonyl (C=O) groups is 3. The van der Waals surface area contributed by atoms with Gasteiger partial charge in [0.25, 0.3) is 36.8 Å². The predicted molar refractivity (Wildman–Crippen MR) is 472 cm³/mol. The number of alkyl carbamates (subject to hydrolysis) is 1. The highest BCUT2D eigenvalue weighted by Gasteiger charge is 2.52. The molecule has 0 aliphatic carbocycles. The molecular weight excluding hydrogens is 1580 g/mol. The predicted octanol–water partition coefficient (Wildman–Crippen LogP) is 10.5. The molecule has 4 N–H and O–H groups in total. The molecule has 9 rings (SSSR count). The highest BCUT2D eigenvalue weighted by atomic mass is 28.4. The quantitative estimate of drug-likeness (QED) is 0.0157. The van der Waals surface area contributed by atoms with Crippen LogP contribution in [0.5, 0.6) is 17.2 Å². The van der Waals surface area contributed by atoms with Crippen molar-refractivity contribution >= 4 is 74.0 Å². The fourth-order valence-electron chi connectivity index (χ4n) is 15.0. The molecule has 0 bridgehead atoms. The van der Waals surface area contributed by atoms with Crippen LogP contribution in [-0.4, -0.2) is 240 Å². The first-order valence-corrected chi connectivity index (χ1v) is 47.9. The second-order valence-electron chi connectivity index (χ2n) is 31.3. The van der Waals surface area contributed by atoms with Gasteiger partial charge in [0.15, 0.2) is 11.5 Å². The Kier molecular flexibility index (Phi) is 40.5. The van der Waals surface area contributed by atoms with Gasteiger partial charge in [-0.25, -0.2) is 4.79 Å². The van der Waals surface area contributed by atoms with Crippen LogP contribution < -0.4 is 50.6 Å². The van der Waals surface area contributed by atoms with E-state index in [0.29, 0.717) is 127 Å². The topological polar surface area (TPSA) is 266 Å². The van der Waals surface area contributed by atoms with Crippen molar-refractivity contribution in [3.05, 3.63) is 235 Å². The van der Waals surface area contributed by atoms with Crippen LogP contribution in [0.2, 0.25) is 15.1 Å². The maximum absolute atomic E-state index is 13.2. The molecular formula is C94H126N2O21Si3. The van der Waals surface area contributed by atoms with Gasteiger partial charge in [0.2, 0.25) is 5.75 Å². The number of imide groups is 1. The molecule has 0 aromatic heterocycles. The number of nitrogens with one attached hydrogen (secondary N) is 1. The first kappa shape index (κ1) is 95.5. The van der Waals surface area contributed by atoms with Crippen molar-refractivity contribution in [3.8, 4) is 17.2 Å². The highest BCUT2D eigenvalue weighted by Crippen LogP contribution is 2.43. The molecule has 120 heavy (non-hydrogen) atoms. The zero-order valence-electron chi connectivity index (χ0n) is 71.0. The molecule has 0 fully saturated rings. The minimum atomic E-state index is -3.12. The third-order valence-corrected chi connectivity index (χ3v) is 35.4. The standard InChI is InChI=1S/C94H126N2O21Si3/c1-92(2,118(100,78-30-13-7-14-31-78)79-32-15-8-16-33-79)44-27-49-103-54-59-108-62-65-111-68-71-114-86-74-77(76-117-91(99)95-47-52-106-57-58-107-53-48-96-89(97)84-42-25-26-43-85(84)90(96)98)75-87(115-72-69-112-66-63-109-60-55-104-50-28-45-93(3,4)119(101,80-34-17-9-18-35-80)81-36-19-10-20-37-81)88(86)116-73-70-113-67-64-110-61-56-105-51-29-46-94(5,6)120(102,82-38-21-11-22-39-82)83-40-23-12-24-41-83/h7-26,30-43,74-75,100-102H,27-29,44-73,76H2,1-6H3,(H,95,99). The van der Waals surface area contributed by atoms with Gasteiger partial charge in [0.05, 0.1) is 143 Å². The van der Waals surface area contributed by atoms with Crippen molar-refractivity contribution in [3.63, 3.8) is 0 Å². The van der Waals surface area contributed by atoms with E-state index in [1.807, 2.05) is 182 Å². The zero-order valence-corrected chi connectivity index (χ0v) is 74.0. The van der Waals surface area contributed by atoms with Crippen LogP contribution in [0.15, 0.2) is 218 Å². The molecule has 1 heterocycles. The second kappa shape index (κ2) is 50.9. The minimum Gasteiger partial charge on any atom is -0.487 e. The van der Waals surface area contributed by atoms with Gasteiger partial charge in [-0.05, 0) is 115 Å². The fraction of sp³-hybridized carbons (Fsp3) is 0.457. The Morgan fingerprint density at radius 1 is 0.325 bits per heavy atom. The lowest BCUT2D eigenvalue weighted by atomic mass is 10.1. The number of nitrogens with zero attached hydrogens (tertiary/aromatic N) is 1. The van der Waals surface area contributed by atoms with Crippen molar-refractivity contribution in [2.45, 2.75) is 102 Å². The number of ether oxygens (including phenoxy) is 15. The van der Waals surface area contributed by atoms with Crippen LogP contribution in [-0.2, 0) is 63.4 Å². The monoisotopic (exact) mass is 1700 g/mol. The summed E-state index contributed by atoms with van der Waals surface area (Å²) >= 11 is 0. The lowest BCUT2D eigenvalue weighted by molar-refractivity contribution is 0.00606. The average Bonchev–Trinajstić information content (AvgIpc) is 1.15. The summed E-state index contributed by atoms with van der Waals surface area (Å²) in [5, 5.41) is 7.51. The number of rotatable bonds is 62. The molecule has 26 heteroatoms. The number of benzene rings is 8. The summed E-state index contributed by atoms with van der Waals surface area (Å²) in [6.07, 6.45) is 3.96. The number of fused-ring (bicyclic) bond motifs is 1. The van der Waals surface area contributed by atoms with Gasteiger partial charge in [-0.3, -0.25) is 14.5 Å². The van der Waals surface area contributed by atoms with Gasteiger partial charge in [-0.15, -0.1) is 0 Å². The van der Waals surface area contributed by atoms with Crippen LogP contribution in [0.25, 0.3) is 0 Å². The Labute approximate surface area is 712 Å². The van der Waals surface area contributed by atoms with E-state index in [1.165, 1.54) is 4.90 Å². The molecule has 3 amide bonds. The maximum Gasteiger partial charge on any atom is 0.407 e. The van der Waals surface area contributed by atoms with E-state index >= 15 is 0 Å². The van der Waals surface area contributed by atoms with Crippen molar-refractivity contribution in [1.82, 2.24) is 10.2 Å². The summed E-state index contributed by atoms with van der Waals surface area (Å²) in [4.78, 5) is 77.5. The summed E-state index contributed by atoms with van der Waals surface area (Å²) in [7, 11) is -9.37. The largest absolute Gasteiger partial charge is 0.487 e. The van der Waals surface area contributed by atoms with E-state index < -0.39 is 31.0 Å². The summed E-state index contributed by atoms with van der Waals surface area (Å²) in [6, 6.07) is 70.4. The van der Waals surface area contributed by atoms with E-state index in [1.54, 1.807) is 36.4 Å². The van der Waals surface area contributed by atoms with E-state index in [9.17, 15) is 28.8 Å². The highest BCUT2D eigenvalue weighted by molar-refractivity contribution is 6.99. The molecule has 0 saturated heterocycles. The van der Waals surface area contributed by atoms with E-state index in [-0.39, 0.29) is 118 Å². The van der Waals surface area contributed by atoms with Crippen LogP contribution in [0.3, 0.4) is 0 Å². The van der Waals surface area contributed by atoms with Gasteiger partial charge in [0.1, 0.15) is 26.4 Å². The van der Waals surface area contributed by atoms with Crippen LogP contribution in [0.4, 0.5) is 4.79 Å². The maximum atomic E-state index is 13.2. The average molecular weight is 1700 g/mol. The van der Waals surface area contributed by atoms with Crippen molar-refractivity contribution in [1.29, 1.82) is 0 Å². The summed E-state index contributed by atoms with van der Waals surface area (Å²) < 4.78 is 89.9. The lowest BCUT2D eigenvalue weighted by Gasteiger charge is -2.41. The minimum absolute atomic E-state index is 0.104. The van der Waals surface area contributed by atoms with Gasteiger partial charge >= 0.3 is 6.09 Å². The van der Waals surface area contributed by atoms with Gasteiger partial charge < -0.3 is 90.8 Å². The van der Waals surface area contributed by atoms with Crippen molar-refractivity contribution < 1.29 is 99.8 Å². The van der Waals surface area contributed by atoms with E-state index in [0.717, 1.165) is 69.6 Å². The Bertz CT molecular complexity index is 3920. The Balaban J connectivity index is 0.738. The molecule has 650 valence electrons. The van der Waals surface area contributed by atoms with Crippen LogP contribution >= 0.6 is 0 Å². The van der Waals surface area contributed by atoms with Gasteiger partial charge in [-0.2, -0.15) is 0 Å². The third-order valence-electron chi connectivity index (χ3n) is 21.7. The van der Waals surface area contributed by atoms with Crippen LogP contribution in [0.1, 0.15) is 106 Å². The third kappa shape index (κ3) is 28.4. The van der Waals surface area contributed by atoms with E-state index in [2.05, 4.69) is 46.9 Å². The molecule has 1 aliphatic heterocycles. The smallest absolute Gasteiger partial charge is 0.407 e. The number of carbonyl (C=O) groups excluding carboxylic acids is 3. The van der Waals surface area contributed by atoms with Gasteiger partial charge in [0, 0.05) is 26.4 Å². The summed E-state index contributed by atoms with van der Waals surface area (Å²) in [6.45, 7) is 20.5. The Hall–Kier alpha value is -8.34. The van der Waals surface area contributed by atoms with Gasteiger partial charge in [-0.1, -0.05) is 236 Å². The molecule has 0 spiro atoms. The van der Waals surface area contributed by atoms with Crippen molar-refractivity contribution in [2.24, 2.45) is 0 Å². The molecule has 0 atom stereocenters. The second-order valence-corrected chi connectivity index (χ2v) is 43.1. The molecule has 8 aromatic carbocycles. The molecule has 23 nitrogen and oxygen atoms in total. The molecule has 0 unspecified atom stereocenters. The lowest BCUT2D eigenvalue weighted by Crippen LogP contribution is -2.65. The fourth-order valence-corrected chi connectivity index (χ4v) is 26.3. The molecule has 0 saturated carbocycles. The molecule has 0 radical (unpaired) electrons. The van der Waals surface area contributed by atoms with E-state index in [4.69, 9.17) is 71.1 Å². The Morgan fingerprint density at radius 2 is 0.575 bits per heavy atom. The zero-order chi connectivity index (χ0) is 85.0. The molecule has 1 aliphatic rings. The summed E-state index contributed by atoms with van der Waals surface area (Å²) in [5.74, 6) is 0.209. The normalized spacial score (nSPS) is 12.8. The Morgan fingerprint density at radius 3 is 0.875 bits per heavy atom.